The van der Waals surface area contributed by atoms with Gasteiger partial charge in [0.15, 0.2) is 5.76 Å². The molecule has 1 aromatic heterocycles. The van der Waals surface area contributed by atoms with Gasteiger partial charge in [0.2, 0.25) is 0 Å². The van der Waals surface area contributed by atoms with Gasteiger partial charge in [-0.3, -0.25) is 4.79 Å². The first-order valence-corrected chi connectivity index (χ1v) is 6.39. The highest BCUT2D eigenvalue weighted by Crippen LogP contribution is 2.14. The lowest BCUT2D eigenvalue weighted by Crippen LogP contribution is -2.50. The van der Waals surface area contributed by atoms with Crippen molar-refractivity contribution in [2.24, 2.45) is 0 Å². The smallest absolute Gasteiger partial charge is 0.318 e. The van der Waals surface area contributed by atoms with Crippen LogP contribution in [0.3, 0.4) is 0 Å². The molecule has 0 aromatic carbocycles. The van der Waals surface area contributed by atoms with E-state index in [2.05, 4.69) is 10.5 Å². The maximum absolute atomic E-state index is 12.1. The second-order valence-electron chi connectivity index (χ2n) is 5.56. The number of hydrogen-bond donors (Lipinski definition) is 2. The highest BCUT2D eigenvalue weighted by Gasteiger charge is 2.26. The van der Waals surface area contributed by atoms with E-state index in [1.807, 2.05) is 20.8 Å². The first-order valence-electron chi connectivity index (χ1n) is 6.39. The van der Waals surface area contributed by atoms with Gasteiger partial charge in [-0.2, -0.15) is 0 Å². The maximum atomic E-state index is 12.1. The minimum absolute atomic E-state index is 0.0912. The fraction of sp³-hybridized carbons (Fsp3) is 0.615. The van der Waals surface area contributed by atoms with E-state index in [1.54, 1.807) is 13.0 Å². The highest BCUT2D eigenvalue weighted by molar-refractivity contribution is 5.76. The Bertz CT molecular complexity index is 476. The van der Waals surface area contributed by atoms with Crippen LogP contribution in [0.5, 0.6) is 0 Å². The van der Waals surface area contributed by atoms with Crippen LogP contribution in [0, 0.1) is 6.92 Å². The van der Waals surface area contributed by atoms with E-state index in [-0.39, 0.29) is 25.5 Å². The van der Waals surface area contributed by atoms with Gasteiger partial charge in [-0.15, -0.1) is 0 Å². The molecule has 7 nitrogen and oxygen atoms in total. The van der Waals surface area contributed by atoms with Crippen LogP contribution in [0.4, 0.5) is 4.79 Å². The number of nitrogens with zero attached hydrogens (tertiary/aromatic N) is 2. The summed E-state index contributed by atoms with van der Waals surface area (Å²) in [6.45, 7) is 7.73. The first kappa shape index (κ1) is 16.0. The molecule has 0 unspecified atom stereocenters. The van der Waals surface area contributed by atoms with Crippen molar-refractivity contribution in [3.8, 4) is 0 Å². The Morgan fingerprint density at radius 3 is 2.55 bits per heavy atom. The van der Waals surface area contributed by atoms with Crippen LogP contribution in [0.25, 0.3) is 0 Å². The molecule has 0 radical (unpaired) electrons. The summed E-state index contributed by atoms with van der Waals surface area (Å²) < 4.78 is 5.00. The fourth-order valence-corrected chi connectivity index (χ4v) is 1.71. The second-order valence-corrected chi connectivity index (χ2v) is 5.56. The number of aromatic nitrogens is 1. The average Bonchev–Trinajstić information content (AvgIpc) is 2.70. The Balaban J connectivity index is 2.61. The van der Waals surface area contributed by atoms with Gasteiger partial charge >= 0.3 is 12.0 Å². The number of hydrogen-bond acceptors (Lipinski definition) is 4. The van der Waals surface area contributed by atoms with Gasteiger partial charge in [0.25, 0.3) is 0 Å². The zero-order valence-corrected chi connectivity index (χ0v) is 12.3. The number of carbonyl (C=O) groups excluding carboxylic acids is 1. The molecule has 0 aliphatic rings. The molecule has 0 saturated heterocycles. The number of aliphatic carboxylic acids is 1. The Kier molecular flexibility index (Phi) is 5.12. The number of nitrogens with one attached hydrogen (secondary N) is 1. The summed E-state index contributed by atoms with van der Waals surface area (Å²) in [5, 5.41) is 15.2. The molecule has 1 aromatic rings. The van der Waals surface area contributed by atoms with Crippen LogP contribution in [0.1, 0.15) is 38.6 Å². The van der Waals surface area contributed by atoms with Gasteiger partial charge in [-0.1, -0.05) is 5.16 Å². The second kappa shape index (κ2) is 6.40. The summed E-state index contributed by atoms with van der Waals surface area (Å²) in [6.07, 6.45) is -0.0912. The van der Waals surface area contributed by atoms with Crippen molar-refractivity contribution in [2.45, 2.75) is 46.2 Å². The molecule has 0 bridgehead atoms. The largest absolute Gasteiger partial charge is 0.481 e. The zero-order valence-electron chi connectivity index (χ0n) is 12.3. The molecule has 0 spiro atoms. The zero-order chi connectivity index (χ0) is 15.3. The van der Waals surface area contributed by atoms with Crippen molar-refractivity contribution < 1.29 is 19.2 Å². The third-order valence-electron chi connectivity index (χ3n) is 2.69. The van der Waals surface area contributed by atoms with Crippen LogP contribution in [0.15, 0.2) is 10.6 Å². The van der Waals surface area contributed by atoms with E-state index in [9.17, 15) is 9.59 Å². The molecule has 2 amide bonds. The summed E-state index contributed by atoms with van der Waals surface area (Å²) in [6, 6.07) is 1.41. The molecule has 7 heteroatoms. The van der Waals surface area contributed by atoms with E-state index >= 15 is 0 Å². The Hall–Kier alpha value is -2.05. The minimum Gasteiger partial charge on any atom is -0.481 e. The van der Waals surface area contributed by atoms with Gasteiger partial charge < -0.3 is 19.8 Å². The molecule has 0 aliphatic carbocycles. The van der Waals surface area contributed by atoms with Crippen LogP contribution in [-0.4, -0.2) is 39.2 Å². The number of carboxylic acids is 1. The van der Waals surface area contributed by atoms with Crippen LogP contribution in [0.2, 0.25) is 0 Å². The molecule has 1 heterocycles. The number of aryl methyl sites for hydroxylation is 1. The molecule has 0 aliphatic heterocycles. The summed E-state index contributed by atoms with van der Waals surface area (Å²) >= 11 is 0. The number of amides is 2. The molecule has 20 heavy (non-hydrogen) atoms. The quantitative estimate of drug-likeness (QED) is 0.858. The van der Waals surface area contributed by atoms with E-state index in [1.165, 1.54) is 4.90 Å². The van der Waals surface area contributed by atoms with E-state index < -0.39 is 11.5 Å². The van der Waals surface area contributed by atoms with Crippen LogP contribution >= 0.6 is 0 Å². The minimum atomic E-state index is -0.932. The summed E-state index contributed by atoms with van der Waals surface area (Å²) in [5.41, 5.74) is 0.282. The standard InChI is InChI=1S/C13H21N3O4/c1-9-7-10(20-15-9)8-14-12(19)16(13(2,3)4)6-5-11(17)18/h7H,5-6,8H2,1-4H3,(H,14,19)(H,17,18). The number of carbonyl (C=O) groups is 2. The third-order valence-corrected chi connectivity index (χ3v) is 2.69. The fourth-order valence-electron chi connectivity index (χ4n) is 1.71. The molecular formula is C13H21N3O4. The lowest BCUT2D eigenvalue weighted by molar-refractivity contribution is -0.137. The van der Waals surface area contributed by atoms with Gasteiger partial charge in [-0.25, -0.2) is 4.79 Å². The molecule has 2 N–H and O–H groups in total. The highest BCUT2D eigenvalue weighted by atomic mass is 16.5. The molecule has 0 fully saturated rings. The van der Waals surface area contributed by atoms with Crippen LogP contribution in [-0.2, 0) is 11.3 Å². The monoisotopic (exact) mass is 283 g/mol. The number of carboxylic acid groups (broad SMARTS) is 1. The summed E-state index contributed by atoms with van der Waals surface area (Å²) in [5.74, 6) is -0.374. The third kappa shape index (κ3) is 4.91. The average molecular weight is 283 g/mol. The van der Waals surface area contributed by atoms with Crippen molar-refractivity contribution >= 4 is 12.0 Å². The normalized spacial score (nSPS) is 11.2. The maximum Gasteiger partial charge on any atom is 0.318 e. The predicted octanol–water partition coefficient (Wildman–Crippen LogP) is 1.77. The van der Waals surface area contributed by atoms with Gasteiger partial charge in [0.1, 0.15) is 0 Å². The van der Waals surface area contributed by atoms with E-state index in [0.29, 0.717) is 5.76 Å². The number of rotatable bonds is 5. The topological polar surface area (TPSA) is 95.7 Å². The summed E-state index contributed by atoms with van der Waals surface area (Å²) in [7, 11) is 0. The van der Waals surface area contributed by atoms with Crippen molar-refractivity contribution in [1.29, 1.82) is 0 Å². The van der Waals surface area contributed by atoms with E-state index in [4.69, 9.17) is 9.63 Å². The molecule has 1 rings (SSSR count). The van der Waals surface area contributed by atoms with Gasteiger partial charge in [-0.05, 0) is 27.7 Å². The van der Waals surface area contributed by atoms with Gasteiger partial charge in [0, 0.05) is 18.2 Å². The molecule has 112 valence electrons. The summed E-state index contributed by atoms with van der Waals surface area (Å²) in [4.78, 5) is 24.3. The Morgan fingerprint density at radius 2 is 2.10 bits per heavy atom. The molecular weight excluding hydrogens is 262 g/mol. The van der Waals surface area contributed by atoms with Crippen LogP contribution < -0.4 is 5.32 Å². The predicted molar refractivity (Wildman–Crippen MR) is 72.2 cm³/mol. The van der Waals surface area contributed by atoms with Crippen molar-refractivity contribution in [3.63, 3.8) is 0 Å². The number of urea groups is 1. The van der Waals surface area contributed by atoms with Crippen molar-refractivity contribution in [2.75, 3.05) is 6.54 Å². The van der Waals surface area contributed by atoms with Crippen molar-refractivity contribution in [1.82, 2.24) is 15.4 Å². The lowest BCUT2D eigenvalue weighted by atomic mass is 10.1. The SMILES string of the molecule is Cc1cc(CNC(=O)N(CCC(=O)O)C(C)(C)C)on1. The van der Waals surface area contributed by atoms with Crippen molar-refractivity contribution in [3.05, 3.63) is 17.5 Å². The molecule has 0 atom stereocenters. The van der Waals surface area contributed by atoms with Gasteiger partial charge in [0.05, 0.1) is 18.7 Å². The van der Waals surface area contributed by atoms with E-state index in [0.717, 1.165) is 5.69 Å². The molecule has 0 saturated carbocycles. The lowest BCUT2D eigenvalue weighted by Gasteiger charge is -2.35. The Morgan fingerprint density at radius 1 is 1.45 bits per heavy atom. The Labute approximate surface area is 117 Å². The first-order chi connectivity index (χ1) is 9.20.